The van der Waals surface area contributed by atoms with Crippen molar-refractivity contribution in [2.45, 2.75) is 27.2 Å². The largest absolute Gasteiger partial charge is 0.459 e. The maximum Gasteiger partial charge on any atom is 0.291 e. The summed E-state index contributed by atoms with van der Waals surface area (Å²) >= 11 is 0. The summed E-state index contributed by atoms with van der Waals surface area (Å²) in [5.74, 6) is -0.422. The first-order valence-corrected chi connectivity index (χ1v) is 8.29. The fourth-order valence-electron chi connectivity index (χ4n) is 2.02. The van der Waals surface area contributed by atoms with Gasteiger partial charge in [-0.2, -0.15) is 0 Å². The van der Waals surface area contributed by atoms with E-state index in [4.69, 9.17) is 4.42 Å². The van der Waals surface area contributed by atoms with Crippen molar-refractivity contribution in [3.05, 3.63) is 48.4 Å². The van der Waals surface area contributed by atoms with Crippen molar-refractivity contribution in [2.75, 3.05) is 17.2 Å². The number of anilines is 2. The van der Waals surface area contributed by atoms with Gasteiger partial charge < -0.3 is 20.4 Å². The van der Waals surface area contributed by atoms with Crippen LogP contribution < -0.4 is 16.0 Å². The molecule has 0 fully saturated rings. The number of carbonyl (C=O) groups is 3. The zero-order valence-electron chi connectivity index (χ0n) is 15.1. The van der Waals surface area contributed by atoms with Crippen LogP contribution in [0.1, 0.15) is 37.7 Å². The van der Waals surface area contributed by atoms with Crippen LogP contribution in [-0.2, 0) is 9.59 Å². The minimum absolute atomic E-state index is 0.0954. The van der Waals surface area contributed by atoms with Crippen LogP contribution in [0.3, 0.4) is 0 Å². The lowest BCUT2D eigenvalue weighted by atomic mass is 9.96. The molecule has 0 aliphatic rings. The van der Waals surface area contributed by atoms with Gasteiger partial charge in [0.1, 0.15) is 0 Å². The third-order valence-electron chi connectivity index (χ3n) is 3.49. The third kappa shape index (κ3) is 5.77. The molecule has 0 aliphatic heterocycles. The van der Waals surface area contributed by atoms with Crippen molar-refractivity contribution in [1.29, 1.82) is 0 Å². The van der Waals surface area contributed by atoms with Gasteiger partial charge in [0.05, 0.1) is 6.26 Å². The SMILES string of the molecule is CC(C)(C)C(=O)NCCC(=O)Nc1ccc(NC(=O)c2ccco2)cc1. The molecular formula is C19H23N3O4. The van der Waals surface area contributed by atoms with Crippen LogP contribution in [0.4, 0.5) is 11.4 Å². The molecule has 0 atom stereocenters. The number of furan rings is 1. The third-order valence-corrected chi connectivity index (χ3v) is 3.49. The summed E-state index contributed by atoms with van der Waals surface area (Å²) in [6.07, 6.45) is 1.61. The summed E-state index contributed by atoms with van der Waals surface area (Å²) in [7, 11) is 0. The van der Waals surface area contributed by atoms with Crippen LogP contribution in [-0.4, -0.2) is 24.3 Å². The van der Waals surface area contributed by atoms with Gasteiger partial charge >= 0.3 is 0 Å². The number of hydrogen-bond donors (Lipinski definition) is 3. The van der Waals surface area contributed by atoms with Crippen molar-refractivity contribution < 1.29 is 18.8 Å². The average molecular weight is 357 g/mol. The van der Waals surface area contributed by atoms with Crippen LogP contribution in [0.15, 0.2) is 47.1 Å². The topological polar surface area (TPSA) is 100 Å². The van der Waals surface area contributed by atoms with Gasteiger partial charge in [-0.3, -0.25) is 14.4 Å². The first kappa shape index (κ1) is 19.2. The highest BCUT2D eigenvalue weighted by molar-refractivity contribution is 6.02. The van der Waals surface area contributed by atoms with Gasteiger partial charge in [0, 0.05) is 29.8 Å². The number of benzene rings is 1. The Morgan fingerprint density at radius 1 is 0.962 bits per heavy atom. The Hall–Kier alpha value is -3.09. The zero-order chi connectivity index (χ0) is 19.2. The molecular weight excluding hydrogens is 334 g/mol. The average Bonchev–Trinajstić information content (AvgIpc) is 3.10. The summed E-state index contributed by atoms with van der Waals surface area (Å²) < 4.78 is 5.02. The molecule has 1 aromatic heterocycles. The molecule has 3 amide bonds. The second-order valence-corrected chi connectivity index (χ2v) is 6.81. The van der Waals surface area contributed by atoms with E-state index in [1.165, 1.54) is 6.26 Å². The van der Waals surface area contributed by atoms with Gasteiger partial charge in [-0.25, -0.2) is 0 Å². The standard InChI is InChI=1S/C19H23N3O4/c1-19(2,3)18(25)20-11-10-16(23)21-13-6-8-14(9-7-13)22-17(24)15-5-4-12-26-15/h4-9,12H,10-11H2,1-3H3,(H,20,25)(H,21,23)(H,22,24). The van der Waals surface area contributed by atoms with Gasteiger partial charge in [-0.05, 0) is 36.4 Å². The fraction of sp³-hybridized carbons (Fsp3) is 0.316. The Morgan fingerprint density at radius 2 is 1.58 bits per heavy atom. The molecule has 1 aromatic carbocycles. The minimum Gasteiger partial charge on any atom is -0.459 e. The van der Waals surface area contributed by atoms with Crippen LogP contribution in [0, 0.1) is 5.41 Å². The Morgan fingerprint density at radius 3 is 2.12 bits per heavy atom. The molecule has 2 rings (SSSR count). The molecule has 0 spiro atoms. The second-order valence-electron chi connectivity index (χ2n) is 6.81. The molecule has 1 heterocycles. The number of carbonyl (C=O) groups excluding carboxylic acids is 3. The van der Waals surface area contributed by atoms with Crippen LogP contribution in [0.5, 0.6) is 0 Å². The van der Waals surface area contributed by atoms with Gasteiger partial charge in [0.2, 0.25) is 11.8 Å². The highest BCUT2D eigenvalue weighted by atomic mass is 16.3. The lowest BCUT2D eigenvalue weighted by Gasteiger charge is -2.17. The summed E-state index contributed by atoms with van der Waals surface area (Å²) in [4.78, 5) is 35.5. The lowest BCUT2D eigenvalue weighted by Crippen LogP contribution is -2.36. The van der Waals surface area contributed by atoms with Gasteiger partial charge in [-0.1, -0.05) is 20.8 Å². The van der Waals surface area contributed by atoms with Gasteiger partial charge in [-0.15, -0.1) is 0 Å². The number of amides is 3. The normalized spacial score (nSPS) is 10.9. The first-order chi connectivity index (χ1) is 12.3. The van der Waals surface area contributed by atoms with E-state index in [-0.39, 0.29) is 36.4 Å². The van der Waals surface area contributed by atoms with Crippen molar-refractivity contribution in [1.82, 2.24) is 5.32 Å². The van der Waals surface area contributed by atoms with E-state index >= 15 is 0 Å². The lowest BCUT2D eigenvalue weighted by molar-refractivity contribution is -0.128. The molecule has 0 saturated carbocycles. The van der Waals surface area contributed by atoms with E-state index in [1.807, 2.05) is 20.8 Å². The van der Waals surface area contributed by atoms with Gasteiger partial charge in [0.15, 0.2) is 5.76 Å². The van der Waals surface area contributed by atoms with Crippen LogP contribution in [0.25, 0.3) is 0 Å². The first-order valence-electron chi connectivity index (χ1n) is 8.29. The molecule has 0 saturated heterocycles. The summed E-state index contributed by atoms with van der Waals surface area (Å²) in [6.45, 7) is 5.72. The molecule has 138 valence electrons. The minimum atomic E-state index is -0.480. The van der Waals surface area contributed by atoms with Crippen molar-refractivity contribution in [3.63, 3.8) is 0 Å². The number of hydrogen-bond acceptors (Lipinski definition) is 4. The van der Waals surface area contributed by atoms with E-state index < -0.39 is 5.41 Å². The summed E-state index contributed by atoms with van der Waals surface area (Å²) in [6, 6.07) is 9.93. The maximum atomic E-state index is 11.9. The van der Waals surface area contributed by atoms with Gasteiger partial charge in [0.25, 0.3) is 5.91 Å². The Kier molecular flexibility index (Phi) is 6.16. The van der Waals surface area contributed by atoms with Crippen molar-refractivity contribution in [3.8, 4) is 0 Å². The molecule has 0 radical (unpaired) electrons. The summed E-state index contributed by atoms with van der Waals surface area (Å²) in [5, 5.41) is 8.16. The molecule has 0 aliphatic carbocycles. The quantitative estimate of drug-likeness (QED) is 0.740. The van der Waals surface area contributed by atoms with E-state index in [0.717, 1.165) is 0 Å². The molecule has 7 nitrogen and oxygen atoms in total. The molecule has 2 aromatic rings. The number of rotatable bonds is 6. The highest BCUT2D eigenvalue weighted by Gasteiger charge is 2.20. The predicted molar refractivity (Wildman–Crippen MR) is 98.8 cm³/mol. The van der Waals surface area contributed by atoms with Crippen LogP contribution in [0.2, 0.25) is 0 Å². The van der Waals surface area contributed by atoms with Crippen LogP contribution >= 0.6 is 0 Å². The van der Waals surface area contributed by atoms with E-state index in [1.54, 1.807) is 36.4 Å². The summed E-state index contributed by atoms with van der Waals surface area (Å²) in [5.41, 5.74) is 0.710. The monoisotopic (exact) mass is 357 g/mol. The fourth-order valence-corrected chi connectivity index (χ4v) is 2.02. The zero-order valence-corrected chi connectivity index (χ0v) is 15.1. The molecule has 26 heavy (non-hydrogen) atoms. The second kappa shape index (κ2) is 8.33. The van der Waals surface area contributed by atoms with Crippen molar-refractivity contribution in [2.24, 2.45) is 5.41 Å². The molecule has 0 bridgehead atoms. The molecule has 7 heteroatoms. The van der Waals surface area contributed by atoms with E-state index in [9.17, 15) is 14.4 Å². The maximum absolute atomic E-state index is 11.9. The predicted octanol–water partition coefficient (Wildman–Crippen LogP) is 3.02. The highest BCUT2D eigenvalue weighted by Crippen LogP contribution is 2.15. The Balaban J connectivity index is 1.78. The molecule has 3 N–H and O–H groups in total. The van der Waals surface area contributed by atoms with Crippen molar-refractivity contribution >= 4 is 29.1 Å². The Bertz CT molecular complexity index is 759. The Labute approximate surface area is 152 Å². The van der Waals surface area contributed by atoms with E-state index in [0.29, 0.717) is 11.4 Å². The molecule has 0 unspecified atom stereocenters. The smallest absolute Gasteiger partial charge is 0.291 e. The number of nitrogens with one attached hydrogen (secondary N) is 3. The van der Waals surface area contributed by atoms with E-state index in [2.05, 4.69) is 16.0 Å².